The zero-order valence-electron chi connectivity index (χ0n) is 15.1. The Labute approximate surface area is 159 Å². The van der Waals surface area contributed by atoms with Gasteiger partial charge in [0.2, 0.25) is 0 Å². The summed E-state index contributed by atoms with van der Waals surface area (Å²) in [6, 6.07) is 10.6. The van der Waals surface area contributed by atoms with E-state index in [1.165, 1.54) is 23.6 Å². The summed E-state index contributed by atoms with van der Waals surface area (Å²) in [5.41, 5.74) is 4.12. The fourth-order valence-electron chi connectivity index (χ4n) is 3.86. The van der Waals surface area contributed by atoms with Gasteiger partial charge in [-0.1, -0.05) is 43.5 Å². The van der Waals surface area contributed by atoms with Gasteiger partial charge in [0, 0.05) is 11.1 Å². The van der Waals surface area contributed by atoms with Crippen molar-refractivity contribution >= 4 is 38.1 Å². The fraction of sp³-hybridized carbons (Fsp3) is 0.400. The van der Waals surface area contributed by atoms with Crippen LogP contribution in [0.3, 0.4) is 0 Å². The van der Waals surface area contributed by atoms with Crippen LogP contribution in [0.15, 0.2) is 46.4 Å². The van der Waals surface area contributed by atoms with Crippen LogP contribution in [-0.4, -0.2) is 26.6 Å². The summed E-state index contributed by atoms with van der Waals surface area (Å²) in [6.45, 7) is -0.271. The minimum atomic E-state index is -3.72. The second kappa shape index (κ2) is 7.31. The van der Waals surface area contributed by atoms with E-state index in [1.807, 2.05) is 18.2 Å². The number of anilines is 1. The summed E-state index contributed by atoms with van der Waals surface area (Å²) < 4.78 is 27.0. The van der Waals surface area contributed by atoms with Gasteiger partial charge < -0.3 is 0 Å². The lowest BCUT2D eigenvalue weighted by atomic mass is 9.99. The average Bonchev–Trinajstić information content (AvgIpc) is 2.84. The molecule has 27 heavy (non-hydrogen) atoms. The van der Waals surface area contributed by atoms with Gasteiger partial charge in [-0.2, -0.15) is 5.10 Å². The number of rotatable bonds is 3. The van der Waals surface area contributed by atoms with E-state index in [2.05, 4.69) is 10.5 Å². The molecule has 0 saturated heterocycles. The molecule has 0 atom stereocenters. The van der Waals surface area contributed by atoms with Crippen molar-refractivity contribution < 1.29 is 13.2 Å². The SMILES string of the molecule is O=C(CN1c2cccc3cccc(c23)S1(=O)=O)NN=C1CCCCCCC1. The number of hydrazone groups is 1. The first kappa shape index (κ1) is 18.0. The maximum atomic E-state index is 12.9. The van der Waals surface area contributed by atoms with E-state index >= 15 is 0 Å². The highest BCUT2D eigenvalue weighted by Gasteiger charge is 2.36. The highest BCUT2D eigenvalue weighted by molar-refractivity contribution is 7.93. The lowest BCUT2D eigenvalue weighted by molar-refractivity contribution is -0.119. The van der Waals surface area contributed by atoms with Crippen LogP contribution in [0.2, 0.25) is 0 Å². The highest BCUT2D eigenvalue weighted by atomic mass is 32.2. The van der Waals surface area contributed by atoms with Crippen molar-refractivity contribution in [3.63, 3.8) is 0 Å². The molecule has 1 heterocycles. The van der Waals surface area contributed by atoms with Crippen LogP contribution in [0.25, 0.3) is 10.8 Å². The van der Waals surface area contributed by atoms with Gasteiger partial charge in [-0.3, -0.25) is 9.10 Å². The lowest BCUT2D eigenvalue weighted by Crippen LogP contribution is -2.37. The molecule has 1 N–H and O–H groups in total. The first-order valence-corrected chi connectivity index (χ1v) is 10.9. The quantitative estimate of drug-likeness (QED) is 0.821. The maximum absolute atomic E-state index is 12.9. The van der Waals surface area contributed by atoms with Gasteiger partial charge in [-0.15, -0.1) is 0 Å². The van der Waals surface area contributed by atoms with Gasteiger partial charge in [-0.25, -0.2) is 13.8 Å². The monoisotopic (exact) mass is 385 g/mol. The number of hydrogen-bond acceptors (Lipinski definition) is 4. The summed E-state index contributed by atoms with van der Waals surface area (Å²) in [5, 5.41) is 5.80. The van der Waals surface area contributed by atoms with Crippen molar-refractivity contribution in [1.29, 1.82) is 0 Å². The summed E-state index contributed by atoms with van der Waals surface area (Å²) in [6.07, 6.45) is 7.63. The zero-order valence-corrected chi connectivity index (χ0v) is 16.0. The normalized spacial score (nSPS) is 18.8. The van der Waals surface area contributed by atoms with Crippen molar-refractivity contribution in [3.05, 3.63) is 36.4 Å². The Kier molecular flexibility index (Phi) is 4.86. The van der Waals surface area contributed by atoms with Gasteiger partial charge in [0.15, 0.2) is 0 Å². The Hall–Kier alpha value is -2.41. The maximum Gasteiger partial charge on any atom is 0.265 e. The Balaban J connectivity index is 1.53. The topological polar surface area (TPSA) is 78.8 Å². The van der Waals surface area contributed by atoms with Gasteiger partial charge in [-0.05, 0) is 43.2 Å². The van der Waals surface area contributed by atoms with Crippen LogP contribution in [0.1, 0.15) is 44.9 Å². The van der Waals surface area contributed by atoms with Crippen LogP contribution in [0, 0.1) is 0 Å². The molecule has 6 nitrogen and oxygen atoms in total. The summed E-state index contributed by atoms with van der Waals surface area (Å²) >= 11 is 0. The average molecular weight is 385 g/mol. The van der Waals surface area contributed by atoms with Gasteiger partial charge in [0.25, 0.3) is 15.9 Å². The van der Waals surface area contributed by atoms with Crippen LogP contribution in [-0.2, 0) is 14.8 Å². The number of sulfonamides is 1. The molecule has 1 amide bonds. The van der Waals surface area contributed by atoms with Gasteiger partial charge in [0.05, 0.1) is 10.6 Å². The number of hydrogen-bond donors (Lipinski definition) is 1. The summed E-state index contributed by atoms with van der Waals surface area (Å²) in [4.78, 5) is 12.7. The number of nitrogens with zero attached hydrogens (tertiary/aromatic N) is 2. The first-order chi connectivity index (χ1) is 13.1. The molecule has 1 aliphatic heterocycles. The molecule has 0 aromatic heterocycles. The van der Waals surface area contributed by atoms with Crippen LogP contribution in [0.4, 0.5) is 5.69 Å². The van der Waals surface area contributed by atoms with Crippen molar-refractivity contribution in [2.24, 2.45) is 5.10 Å². The van der Waals surface area contributed by atoms with Crippen LogP contribution < -0.4 is 9.73 Å². The zero-order chi connectivity index (χ0) is 18.9. The van der Waals surface area contributed by atoms with Crippen molar-refractivity contribution in [1.82, 2.24) is 5.43 Å². The molecule has 142 valence electrons. The minimum absolute atomic E-state index is 0.259. The molecule has 2 aromatic rings. The summed E-state index contributed by atoms with van der Waals surface area (Å²) in [5.74, 6) is -0.419. The molecule has 4 rings (SSSR count). The number of carbonyl (C=O) groups is 1. The molecule has 0 bridgehead atoms. The number of carbonyl (C=O) groups excluding carboxylic acids is 1. The predicted molar refractivity (Wildman–Crippen MR) is 106 cm³/mol. The molecule has 0 unspecified atom stereocenters. The van der Waals surface area contributed by atoms with E-state index in [9.17, 15) is 13.2 Å². The molecule has 1 saturated carbocycles. The number of amides is 1. The molecular weight excluding hydrogens is 362 g/mol. The van der Waals surface area contributed by atoms with Crippen molar-refractivity contribution in [3.8, 4) is 0 Å². The minimum Gasteiger partial charge on any atom is -0.271 e. The molecular formula is C20H23N3O3S. The number of benzene rings is 2. The van der Waals surface area contributed by atoms with E-state index in [0.717, 1.165) is 36.8 Å². The third kappa shape index (κ3) is 3.43. The highest BCUT2D eigenvalue weighted by Crippen LogP contribution is 2.41. The van der Waals surface area contributed by atoms with Gasteiger partial charge in [0.1, 0.15) is 6.54 Å². The molecule has 2 aliphatic rings. The molecule has 2 aromatic carbocycles. The standard InChI is InChI=1S/C20H23N3O3S/c24-19(22-21-16-10-4-2-1-3-5-11-16)14-23-17-12-6-8-15-9-7-13-18(20(15)17)27(23,25)26/h6-9,12-13H,1-5,10-11,14H2,(H,22,24). The van der Waals surface area contributed by atoms with Crippen molar-refractivity contribution in [2.75, 3.05) is 10.8 Å². The van der Waals surface area contributed by atoms with E-state index in [4.69, 9.17) is 0 Å². The van der Waals surface area contributed by atoms with Crippen LogP contribution >= 0.6 is 0 Å². The third-order valence-corrected chi connectivity index (χ3v) is 7.04. The molecule has 0 radical (unpaired) electrons. The molecule has 1 fully saturated rings. The largest absolute Gasteiger partial charge is 0.271 e. The van der Waals surface area contributed by atoms with E-state index in [0.29, 0.717) is 11.1 Å². The van der Waals surface area contributed by atoms with Gasteiger partial charge >= 0.3 is 0 Å². The third-order valence-electron chi connectivity index (χ3n) is 5.24. The van der Waals surface area contributed by atoms with Crippen LogP contribution in [0.5, 0.6) is 0 Å². The second-order valence-corrected chi connectivity index (χ2v) is 8.95. The number of nitrogens with one attached hydrogen (secondary N) is 1. The second-order valence-electron chi connectivity index (χ2n) is 7.12. The smallest absolute Gasteiger partial charge is 0.265 e. The summed E-state index contributed by atoms with van der Waals surface area (Å²) in [7, 11) is -3.72. The van der Waals surface area contributed by atoms with E-state index in [-0.39, 0.29) is 11.4 Å². The Morgan fingerprint density at radius 2 is 1.67 bits per heavy atom. The lowest BCUT2D eigenvalue weighted by Gasteiger charge is -2.18. The Morgan fingerprint density at radius 1 is 1.00 bits per heavy atom. The predicted octanol–water partition coefficient (Wildman–Crippen LogP) is 3.57. The fourth-order valence-corrected chi connectivity index (χ4v) is 5.53. The molecule has 7 heteroatoms. The first-order valence-electron chi connectivity index (χ1n) is 9.46. The van der Waals surface area contributed by atoms with Crippen molar-refractivity contribution in [2.45, 2.75) is 49.8 Å². The van der Waals surface area contributed by atoms with E-state index in [1.54, 1.807) is 18.2 Å². The van der Waals surface area contributed by atoms with E-state index < -0.39 is 15.9 Å². The molecule has 0 spiro atoms. The Morgan fingerprint density at radius 3 is 2.41 bits per heavy atom. The molecule has 1 aliphatic carbocycles. The Bertz CT molecular complexity index is 999.